The van der Waals surface area contributed by atoms with Gasteiger partial charge in [0.1, 0.15) is 5.82 Å². The molecule has 0 spiro atoms. The molecule has 0 amide bonds. The van der Waals surface area contributed by atoms with Crippen LogP contribution >= 0.6 is 15.9 Å². The van der Waals surface area contributed by atoms with E-state index < -0.39 is 0 Å². The van der Waals surface area contributed by atoms with Gasteiger partial charge in [-0.15, -0.1) is 0 Å². The average molecular weight is 322 g/mol. The molecule has 0 unspecified atom stereocenters. The van der Waals surface area contributed by atoms with Crippen LogP contribution in [0, 0.1) is 5.82 Å². The summed E-state index contributed by atoms with van der Waals surface area (Å²) < 4.78 is 13.8. The van der Waals surface area contributed by atoms with Crippen LogP contribution in [-0.4, -0.2) is 6.54 Å². The zero-order valence-electron chi connectivity index (χ0n) is 10.7. The molecule has 0 aliphatic heterocycles. The van der Waals surface area contributed by atoms with Crippen LogP contribution in [0.25, 0.3) is 0 Å². The molecule has 2 rings (SSSR count). The van der Waals surface area contributed by atoms with Crippen molar-refractivity contribution in [2.24, 2.45) is 0 Å². The monoisotopic (exact) mass is 321 g/mol. The van der Waals surface area contributed by atoms with Crippen molar-refractivity contribution in [3.63, 3.8) is 0 Å². The van der Waals surface area contributed by atoms with Crippen molar-refractivity contribution in [2.75, 3.05) is 6.54 Å². The van der Waals surface area contributed by atoms with Gasteiger partial charge in [-0.05, 0) is 42.6 Å². The molecule has 19 heavy (non-hydrogen) atoms. The Bertz CT molecular complexity index is 513. The van der Waals surface area contributed by atoms with Crippen molar-refractivity contribution in [3.05, 3.63) is 69.9 Å². The molecule has 0 heterocycles. The van der Waals surface area contributed by atoms with E-state index in [1.807, 2.05) is 12.1 Å². The molecule has 0 bridgehead atoms. The first-order chi connectivity index (χ1) is 9.25. The van der Waals surface area contributed by atoms with Crippen molar-refractivity contribution in [1.29, 1.82) is 0 Å². The Kier molecular flexibility index (Phi) is 5.55. The Hall–Kier alpha value is -1.19. The summed E-state index contributed by atoms with van der Waals surface area (Å²) in [5.74, 6) is -0.209. The van der Waals surface area contributed by atoms with Gasteiger partial charge >= 0.3 is 0 Å². The molecule has 0 aliphatic carbocycles. The van der Waals surface area contributed by atoms with Gasteiger partial charge in [-0.2, -0.15) is 0 Å². The molecule has 0 aromatic heterocycles. The van der Waals surface area contributed by atoms with Gasteiger partial charge in [-0.3, -0.25) is 0 Å². The summed E-state index contributed by atoms with van der Waals surface area (Å²) in [6.07, 6.45) is 2.18. The van der Waals surface area contributed by atoms with Gasteiger partial charge in [0.25, 0.3) is 0 Å². The molecule has 1 N–H and O–H groups in total. The van der Waals surface area contributed by atoms with E-state index in [1.54, 1.807) is 0 Å². The smallest absolute Gasteiger partial charge is 0.124 e. The fourth-order valence-corrected chi connectivity index (χ4v) is 2.44. The van der Waals surface area contributed by atoms with E-state index in [-0.39, 0.29) is 5.82 Å². The molecule has 0 radical (unpaired) electrons. The predicted octanol–water partition coefficient (Wildman–Crippen LogP) is 4.31. The highest BCUT2D eigenvalue weighted by molar-refractivity contribution is 9.10. The summed E-state index contributed by atoms with van der Waals surface area (Å²) >= 11 is 3.37. The number of hydrogen-bond acceptors (Lipinski definition) is 1. The Morgan fingerprint density at radius 1 is 1.05 bits per heavy atom. The Morgan fingerprint density at radius 2 is 1.84 bits per heavy atom. The number of aryl methyl sites for hydroxylation is 1. The van der Waals surface area contributed by atoms with Crippen LogP contribution in [0.1, 0.15) is 17.5 Å². The van der Waals surface area contributed by atoms with Crippen molar-refractivity contribution >= 4 is 15.9 Å². The third-order valence-electron chi connectivity index (χ3n) is 2.99. The molecule has 0 saturated carbocycles. The van der Waals surface area contributed by atoms with Crippen molar-refractivity contribution in [2.45, 2.75) is 19.4 Å². The highest BCUT2D eigenvalue weighted by atomic mass is 79.9. The average Bonchev–Trinajstić information content (AvgIpc) is 2.42. The van der Waals surface area contributed by atoms with Gasteiger partial charge in [0, 0.05) is 11.0 Å². The molecule has 0 saturated heterocycles. The number of hydrogen-bond donors (Lipinski definition) is 1. The van der Waals surface area contributed by atoms with E-state index in [1.165, 1.54) is 17.7 Å². The third kappa shape index (κ3) is 4.77. The van der Waals surface area contributed by atoms with Gasteiger partial charge in [0.05, 0.1) is 0 Å². The summed E-state index contributed by atoms with van der Waals surface area (Å²) in [6, 6.07) is 15.3. The molecule has 0 aliphatic rings. The maximum atomic E-state index is 12.9. The van der Waals surface area contributed by atoms with Crippen LogP contribution in [0.4, 0.5) is 4.39 Å². The van der Waals surface area contributed by atoms with E-state index in [4.69, 9.17) is 0 Å². The van der Waals surface area contributed by atoms with Gasteiger partial charge in [-0.25, -0.2) is 4.39 Å². The molecule has 3 heteroatoms. The van der Waals surface area contributed by atoms with Gasteiger partial charge in [-0.1, -0.05) is 52.3 Å². The summed E-state index contributed by atoms with van der Waals surface area (Å²) in [5, 5.41) is 3.38. The van der Waals surface area contributed by atoms with Gasteiger partial charge < -0.3 is 5.32 Å². The minimum atomic E-state index is -0.209. The predicted molar refractivity (Wildman–Crippen MR) is 80.6 cm³/mol. The standard InChI is InChI=1S/C16H17BrFN/c17-16-11-15(18)9-8-14(16)12-19-10-4-7-13-5-2-1-3-6-13/h1-3,5-6,8-9,11,19H,4,7,10,12H2. The highest BCUT2D eigenvalue weighted by Gasteiger charge is 2.00. The first-order valence-electron chi connectivity index (χ1n) is 6.44. The van der Waals surface area contributed by atoms with Crippen molar-refractivity contribution in [3.8, 4) is 0 Å². The van der Waals surface area contributed by atoms with E-state index in [9.17, 15) is 4.39 Å². The Labute approximate surface area is 122 Å². The van der Waals surface area contributed by atoms with E-state index in [0.717, 1.165) is 36.0 Å². The second kappa shape index (κ2) is 7.41. The molecule has 1 nitrogen and oxygen atoms in total. The quantitative estimate of drug-likeness (QED) is 0.782. The number of benzene rings is 2. The summed E-state index contributed by atoms with van der Waals surface area (Å²) in [6.45, 7) is 1.72. The van der Waals surface area contributed by atoms with Crippen molar-refractivity contribution < 1.29 is 4.39 Å². The Balaban J connectivity index is 1.69. The highest BCUT2D eigenvalue weighted by Crippen LogP contribution is 2.17. The topological polar surface area (TPSA) is 12.0 Å². The van der Waals surface area contributed by atoms with Crippen LogP contribution in [-0.2, 0) is 13.0 Å². The SMILES string of the molecule is Fc1ccc(CNCCCc2ccccc2)c(Br)c1. The van der Waals surface area contributed by atoms with E-state index in [0.29, 0.717) is 0 Å². The summed E-state index contributed by atoms with van der Waals surface area (Å²) in [4.78, 5) is 0. The molecular weight excluding hydrogens is 305 g/mol. The van der Waals surface area contributed by atoms with Crippen LogP contribution < -0.4 is 5.32 Å². The van der Waals surface area contributed by atoms with Crippen LogP contribution in [0.5, 0.6) is 0 Å². The summed E-state index contributed by atoms with van der Waals surface area (Å²) in [7, 11) is 0. The molecule has 0 atom stereocenters. The molecule has 2 aromatic carbocycles. The number of halogens is 2. The summed E-state index contributed by atoms with van der Waals surface area (Å²) in [5.41, 5.74) is 2.45. The normalized spacial score (nSPS) is 10.6. The first kappa shape index (κ1) is 14.2. The maximum Gasteiger partial charge on any atom is 0.124 e. The molecular formula is C16H17BrFN. The fraction of sp³-hybridized carbons (Fsp3) is 0.250. The largest absolute Gasteiger partial charge is 0.313 e. The Morgan fingerprint density at radius 3 is 2.58 bits per heavy atom. The zero-order chi connectivity index (χ0) is 13.5. The molecule has 2 aromatic rings. The first-order valence-corrected chi connectivity index (χ1v) is 7.23. The molecule has 100 valence electrons. The number of rotatable bonds is 6. The van der Waals surface area contributed by atoms with Crippen LogP contribution in [0.2, 0.25) is 0 Å². The second-order valence-electron chi connectivity index (χ2n) is 4.50. The lowest BCUT2D eigenvalue weighted by Gasteiger charge is -2.07. The zero-order valence-corrected chi connectivity index (χ0v) is 12.3. The minimum Gasteiger partial charge on any atom is -0.313 e. The van der Waals surface area contributed by atoms with Crippen LogP contribution in [0.3, 0.4) is 0 Å². The lowest BCUT2D eigenvalue weighted by molar-refractivity contribution is 0.621. The van der Waals surface area contributed by atoms with Gasteiger partial charge in [0.2, 0.25) is 0 Å². The number of nitrogens with one attached hydrogen (secondary N) is 1. The molecule has 0 fully saturated rings. The second-order valence-corrected chi connectivity index (χ2v) is 5.36. The third-order valence-corrected chi connectivity index (χ3v) is 3.73. The maximum absolute atomic E-state index is 12.9. The van der Waals surface area contributed by atoms with Gasteiger partial charge in [0.15, 0.2) is 0 Å². The van der Waals surface area contributed by atoms with Crippen LogP contribution in [0.15, 0.2) is 53.0 Å². The fourth-order valence-electron chi connectivity index (χ4n) is 1.95. The lowest BCUT2D eigenvalue weighted by Crippen LogP contribution is -2.15. The van der Waals surface area contributed by atoms with Crippen molar-refractivity contribution in [1.82, 2.24) is 5.32 Å². The minimum absolute atomic E-state index is 0.209. The van der Waals surface area contributed by atoms with E-state index >= 15 is 0 Å². The lowest BCUT2D eigenvalue weighted by atomic mass is 10.1. The van der Waals surface area contributed by atoms with E-state index in [2.05, 4.69) is 45.5 Å².